The summed E-state index contributed by atoms with van der Waals surface area (Å²) in [6, 6.07) is 16.1. The van der Waals surface area contributed by atoms with Crippen LogP contribution in [0.2, 0.25) is 0 Å². The van der Waals surface area contributed by atoms with Gasteiger partial charge in [-0.3, -0.25) is 0 Å². The number of hydrogen-bond acceptors (Lipinski definition) is 6. The Morgan fingerprint density at radius 2 is 1.76 bits per heavy atom. The van der Waals surface area contributed by atoms with E-state index in [0.29, 0.717) is 16.9 Å². The van der Waals surface area contributed by atoms with Crippen LogP contribution < -0.4 is 4.74 Å². The lowest BCUT2D eigenvalue weighted by Gasteiger charge is -2.17. The normalized spacial score (nSPS) is 11.5. The van der Waals surface area contributed by atoms with E-state index < -0.39 is 5.97 Å². The van der Waals surface area contributed by atoms with Gasteiger partial charge in [0.15, 0.2) is 6.21 Å². The van der Waals surface area contributed by atoms with Crippen LogP contribution in [-0.2, 0) is 16.2 Å². The van der Waals surface area contributed by atoms with Crippen LogP contribution in [0.15, 0.2) is 58.3 Å². The lowest BCUT2D eigenvalue weighted by Crippen LogP contribution is -2.12. The number of carbonyl (C=O) groups excluding carboxylic acids is 1. The van der Waals surface area contributed by atoms with Crippen LogP contribution in [0, 0.1) is 0 Å². The fourth-order valence-corrected chi connectivity index (χ4v) is 7.21. The Hall–Kier alpha value is -1.90. The minimum Gasteiger partial charge on any atom is -0.422 e. The Bertz CT molecular complexity index is 1090. The Labute approximate surface area is 212 Å². The quantitative estimate of drug-likeness (QED) is 0.0782. The summed E-state index contributed by atoms with van der Waals surface area (Å²) in [4.78, 5) is 16.7. The largest absolute Gasteiger partial charge is 0.422 e. The van der Waals surface area contributed by atoms with Gasteiger partial charge in [0.1, 0.15) is 12.9 Å². The van der Waals surface area contributed by atoms with E-state index in [1.165, 1.54) is 18.1 Å². The molecule has 0 bridgehead atoms. The molecule has 5 nitrogen and oxygen atoms in total. The summed E-state index contributed by atoms with van der Waals surface area (Å²) in [6.07, 6.45) is 3.32. The molecule has 0 fully saturated rings. The van der Waals surface area contributed by atoms with E-state index in [9.17, 15) is 4.79 Å². The molecule has 8 heteroatoms. The number of aromatic nitrogens is 1. The van der Waals surface area contributed by atoms with Crippen LogP contribution in [0.5, 0.6) is 5.75 Å². The number of hydrogen-bond donors (Lipinski definition) is 0. The van der Waals surface area contributed by atoms with Crippen molar-refractivity contribution in [3.05, 3.63) is 64.3 Å². The summed E-state index contributed by atoms with van der Waals surface area (Å²) in [5.41, 5.74) is 3.38. The zero-order valence-corrected chi connectivity index (χ0v) is 22.3. The molecule has 0 atom stereocenters. The molecule has 1 heterocycles. The topological polar surface area (TPSA) is 52.8 Å². The molecule has 0 spiro atoms. The molecule has 0 saturated carbocycles. The predicted octanol–water partition coefficient (Wildman–Crippen LogP) is 7.27. The molecule has 33 heavy (non-hydrogen) atoms. The third-order valence-electron chi connectivity index (χ3n) is 4.90. The van der Waals surface area contributed by atoms with Crippen molar-refractivity contribution in [3.8, 4) is 5.75 Å². The van der Waals surface area contributed by atoms with E-state index in [1.54, 1.807) is 6.07 Å². The van der Waals surface area contributed by atoms with Gasteiger partial charge >= 0.3 is 5.97 Å². The predicted molar refractivity (Wildman–Crippen MR) is 145 cm³/mol. The van der Waals surface area contributed by atoms with Crippen molar-refractivity contribution >= 4 is 62.5 Å². The summed E-state index contributed by atoms with van der Waals surface area (Å²) in [5.74, 6) is 2.17. The van der Waals surface area contributed by atoms with Gasteiger partial charge in [-0.1, -0.05) is 55.4 Å². The number of halogens is 1. The zero-order chi connectivity index (χ0) is 23.6. The van der Waals surface area contributed by atoms with Crippen molar-refractivity contribution in [2.24, 2.45) is 5.16 Å². The molecule has 3 aromatic rings. The first-order valence-corrected chi connectivity index (χ1v) is 13.9. The van der Waals surface area contributed by atoms with Crippen molar-refractivity contribution in [2.75, 3.05) is 18.6 Å². The maximum absolute atomic E-state index is 12.1. The number of esters is 1. The second-order valence-electron chi connectivity index (χ2n) is 7.33. The second kappa shape index (κ2) is 13.1. The highest BCUT2D eigenvalue weighted by Crippen LogP contribution is 2.47. The second-order valence-corrected chi connectivity index (χ2v) is 10.8. The van der Waals surface area contributed by atoms with Gasteiger partial charge in [-0.2, -0.15) is 0 Å². The molecule has 0 aliphatic carbocycles. The van der Waals surface area contributed by atoms with Crippen LogP contribution in [0.3, 0.4) is 0 Å². The number of carbonyl (C=O) groups is 1. The van der Waals surface area contributed by atoms with E-state index in [2.05, 4.69) is 68.6 Å². The molecule has 176 valence electrons. The summed E-state index contributed by atoms with van der Waals surface area (Å²) in [5, 5.41) is 4.74. The molecule has 0 aliphatic rings. The van der Waals surface area contributed by atoms with Gasteiger partial charge in [0.05, 0.1) is 15.7 Å². The van der Waals surface area contributed by atoms with E-state index in [1.807, 2.05) is 41.7 Å². The molecule has 0 saturated heterocycles. The van der Waals surface area contributed by atoms with Gasteiger partial charge in [0.25, 0.3) is 0 Å². The van der Waals surface area contributed by atoms with Gasteiger partial charge in [0.2, 0.25) is 0 Å². The van der Waals surface area contributed by atoms with Crippen LogP contribution >= 0.6 is 39.5 Å². The van der Waals surface area contributed by atoms with Crippen molar-refractivity contribution in [3.63, 3.8) is 0 Å². The zero-order valence-electron chi connectivity index (χ0n) is 19.1. The molecule has 0 N–H and O–H groups in total. The minimum atomic E-state index is -0.576. The Kier molecular flexibility index (Phi) is 10.2. The summed E-state index contributed by atoms with van der Waals surface area (Å²) < 4.78 is 9.21. The SMILES string of the molecule is CCCSC(SCCC)c1c(Br)n(Cc2ccccc2OC(=O)C=NOC)c2ccccc12. The maximum Gasteiger partial charge on any atom is 0.358 e. The molecule has 2 aromatic carbocycles. The third-order valence-corrected chi connectivity index (χ3v) is 8.94. The number of thioether (sulfide) groups is 2. The molecular formula is C25H29BrN2O3S2. The smallest absolute Gasteiger partial charge is 0.358 e. The molecule has 3 rings (SSSR count). The van der Waals surface area contributed by atoms with E-state index in [4.69, 9.17) is 4.74 Å². The number of benzene rings is 2. The van der Waals surface area contributed by atoms with E-state index in [-0.39, 0.29) is 0 Å². The van der Waals surface area contributed by atoms with Crippen LogP contribution in [-0.4, -0.2) is 35.4 Å². The highest BCUT2D eigenvalue weighted by molar-refractivity contribution is 9.10. The minimum absolute atomic E-state index is 0.351. The number of ether oxygens (including phenoxy) is 1. The molecule has 1 aromatic heterocycles. The average molecular weight is 550 g/mol. The first-order valence-electron chi connectivity index (χ1n) is 11.0. The number of oxime groups is 1. The monoisotopic (exact) mass is 548 g/mol. The Morgan fingerprint density at radius 1 is 1.09 bits per heavy atom. The van der Waals surface area contributed by atoms with Gasteiger partial charge in [-0.25, -0.2) is 4.79 Å². The van der Waals surface area contributed by atoms with Gasteiger partial charge in [-0.05, 0) is 52.4 Å². The van der Waals surface area contributed by atoms with Crippen molar-refractivity contribution in [1.82, 2.24) is 4.57 Å². The number of fused-ring (bicyclic) bond motifs is 1. The third kappa shape index (κ3) is 6.58. The standard InChI is InChI=1S/C25H29BrN2O3S2/c1-4-14-32-25(33-15-5-2)23-19-11-7-8-12-20(19)28(24(23)26)17-18-10-6-9-13-21(18)31-22(29)16-27-30-3/h6-13,16,25H,4-5,14-15,17H2,1-3H3. The molecule has 0 amide bonds. The Balaban J connectivity index is 2.01. The van der Waals surface area contributed by atoms with Crippen LogP contribution in [0.25, 0.3) is 10.9 Å². The van der Waals surface area contributed by atoms with Gasteiger partial charge in [-0.15, -0.1) is 23.5 Å². The van der Waals surface area contributed by atoms with Crippen LogP contribution in [0.1, 0.15) is 42.4 Å². The fourth-order valence-electron chi connectivity index (χ4n) is 3.48. The van der Waals surface area contributed by atoms with Gasteiger partial charge in [0, 0.05) is 22.0 Å². The highest BCUT2D eigenvalue weighted by Gasteiger charge is 2.24. The summed E-state index contributed by atoms with van der Waals surface area (Å²) in [6.45, 7) is 5.01. The van der Waals surface area contributed by atoms with E-state index >= 15 is 0 Å². The Morgan fingerprint density at radius 3 is 2.45 bits per heavy atom. The highest BCUT2D eigenvalue weighted by atomic mass is 79.9. The molecule has 0 radical (unpaired) electrons. The first kappa shape index (κ1) is 25.7. The van der Waals surface area contributed by atoms with E-state index in [0.717, 1.165) is 46.2 Å². The first-order chi connectivity index (χ1) is 16.1. The molecular weight excluding hydrogens is 520 g/mol. The lowest BCUT2D eigenvalue weighted by atomic mass is 10.2. The van der Waals surface area contributed by atoms with Crippen molar-refractivity contribution in [2.45, 2.75) is 37.8 Å². The van der Waals surface area contributed by atoms with Crippen molar-refractivity contribution in [1.29, 1.82) is 0 Å². The van der Waals surface area contributed by atoms with Crippen LogP contribution in [0.4, 0.5) is 0 Å². The number of rotatable bonds is 12. The maximum atomic E-state index is 12.1. The fraction of sp³-hybridized carbons (Fsp3) is 0.360. The lowest BCUT2D eigenvalue weighted by molar-refractivity contribution is -0.126. The average Bonchev–Trinajstić information content (AvgIpc) is 3.10. The molecule has 0 aliphatic heterocycles. The summed E-state index contributed by atoms with van der Waals surface area (Å²) >= 11 is 7.95. The van der Waals surface area contributed by atoms with Crippen molar-refractivity contribution < 1.29 is 14.4 Å². The molecule has 0 unspecified atom stereocenters. The number of para-hydroxylation sites is 2. The summed E-state index contributed by atoms with van der Waals surface area (Å²) in [7, 11) is 1.38. The number of nitrogens with zero attached hydrogens (tertiary/aromatic N) is 2. The van der Waals surface area contributed by atoms with Gasteiger partial charge < -0.3 is 14.1 Å².